The summed E-state index contributed by atoms with van der Waals surface area (Å²) in [4.78, 5) is 7.04. The lowest BCUT2D eigenvalue weighted by Gasteiger charge is -2.16. The molecular formula is C13H25N3S. The monoisotopic (exact) mass is 255 g/mol. The summed E-state index contributed by atoms with van der Waals surface area (Å²) in [5.41, 5.74) is 1.38. The van der Waals surface area contributed by atoms with E-state index in [0.717, 1.165) is 19.6 Å². The Morgan fingerprint density at radius 3 is 2.65 bits per heavy atom. The number of thiazole rings is 1. The molecule has 0 bridgehead atoms. The van der Waals surface area contributed by atoms with Crippen LogP contribution in [0.5, 0.6) is 0 Å². The third-order valence-corrected chi connectivity index (χ3v) is 3.91. The molecule has 1 N–H and O–H groups in total. The third kappa shape index (κ3) is 5.15. The highest BCUT2D eigenvalue weighted by atomic mass is 32.1. The van der Waals surface area contributed by atoms with Gasteiger partial charge in [-0.2, -0.15) is 0 Å². The molecule has 1 heterocycles. The smallest absolute Gasteiger partial charge is 0.0982 e. The number of nitrogens with one attached hydrogen (secondary N) is 1. The van der Waals surface area contributed by atoms with Crippen molar-refractivity contribution < 1.29 is 0 Å². The average Bonchev–Trinajstić information content (AvgIpc) is 2.66. The number of nitrogens with zero attached hydrogens (tertiary/aromatic N) is 2. The molecular weight excluding hydrogens is 230 g/mol. The van der Waals surface area contributed by atoms with Gasteiger partial charge in [0.2, 0.25) is 0 Å². The van der Waals surface area contributed by atoms with E-state index in [0.29, 0.717) is 0 Å². The van der Waals surface area contributed by atoms with E-state index in [4.69, 9.17) is 4.98 Å². The van der Waals surface area contributed by atoms with Gasteiger partial charge in [-0.3, -0.25) is 0 Å². The molecule has 0 aromatic carbocycles. The van der Waals surface area contributed by atoms with Gasteiger partial charge in [0.15, 0.2) is 0 Å². The molecule has 0 unspecified atom stereocenters. The van der Waals surface area contributed by atoms with Gasteiger partial charge in [0.1, 0.15) is 0 Å². The second-order valence-corrected chi connectivity index (χ2v) is 6.45. The number of aromatic nitrogens is 1. The Balaban J connectivity index is 2.43. The molecule has 0 radical (unpaired) electrons. The van der Waals surface area contributed by atoms with Gasteiger partial charge in [-0.1, -0.05) is 20.8 Å². The maximum atomic E-state index is 4.71. The lowest BCUT2D eigenvalue weighted by atomic mass is 9.98. The quantitative estimate of drug-likeness (QED) is 0.792. The molecule has 98 valence electrons. The second kappa shape index (κ2) is 6.47. The van der Waals surface area contributed by atoms with Crippen LogP contribution >= 0.6 is 11.3 Å². The fraction of sp³-hybridized carbons (Fsp3) is 0.769. The van der Waals surface area contributed by atoms with Crippen molar-refractivity contribution in [3.63, 3.8) is 0 Å². The van der Waals surface area contributed by atoms with Crippen molar-refractivity contribution in [3.8, 4) is 0 Å². The average molecular weight is 255 g/mol. The summed E-state index contributed by atoms with van der Waals surface area (Å²) < 4.78 is 0. The third-order valence-electron chi connectivity index (χ3n) is 2.59. The van der Waals surface area contributed by atoms with Gasteiger partial charge in [0.25, 0.3) is 0 Å². The summed E-state index contributed by atoms with van der Waals surface area (Å²) in [6.45, 7) is 9.79. The zero-order valence-electron chi connectivity index (χ0n) is 11.7. The fourth-order valence-electron chi connectivity index (χ4n) is 1.61. The van der Waals surface area contributed by atoms with E-state index in [1.54, 1.807) is 11.3 Å². The van der Waals surface area contributed by atoms with Crippen LogP contribution < -0.4 is 5.32 Å². The van der Waals surface area contributed by atoms with Crippen LogP contribution in [0.2, 0.25) is 0 Å². The van der Waals surface area contributed by atoms with Crippen LogP contribution in [0.1, 0.15) is 37.9 Å². The Hall–Kier alpha value is -0.450. The predicted molar refractivity (Wildman–Crippen MR) is 75.7 cm³/mol. The van der Waals surface area contributed by atoms with Crippen LogP contribution in [0, 0.1) is 0 Å². The van der Waals surface area contributed by atoms with Crippen molar-refractivity contribution in [3.05, 3.63) is 16.1 Å². The first-order chi connectivity index (χ1) is 7.93. The first-order valence-corrected chi connectivity index (χ1v) is 7.09. The minimum Gasteiger partial charge on any atom is -0.320 e. The van der Waals surface area contributed by atoms with Crippen molar-refractivity contribution in [1.29, 1.82) is 0 Å². The highest BCUT2D eigenvalue weighted by Gasteiger charge is 2.18. The van der Waals surface area contributed by atoms with Gasteiger partial charge < -0.3 is 10.2 Å². The van der Waals surface area contributed by atoms with Crippen molar-refractivity contribution in [2.24, 2.45) is 0 Å². The van der Waals surface area contributed by atoms with Gasteiger partial charge in [-0.05, 0) is 33.6 Å². The summed E-state index contributed by atoms with van der Waals surface area (Å²) in [5, 5.41) is 6.59. The van der Waals surface area contributed by atoms with Gasteiger partial charge in [0.05, 0.1) is 10.7 Å². The summed E-state index contributed by atoms with van der Waals surface area (Å²) >= 11 is 1.78. The van der Waals surface area contributed by atoms with Crippen LogP contribution in [0.25, 0.3) is 0 Å². The lowest BCUT2D eigenvalue weighted by Crippen LogP contribution is -2.22. The summed E-state index contributed by atoms with van der Waals surface area (Å²) in [6.07, 6.45) is 1.18. The Morgan fingerprint density at radius 1 is 1.41 bits per heavy atom. The zero-order chi connectivity index (χ0) is 12.9. The molecule has 3 nitrogen and oxygen atoms in total. The molecule has 0 aliphatic heterocycles. The topological polar surface area (TPSA) is 28.2 Å². The Labute approximate surface area is 109 Å². The highest BCUT2D eigenvalue weighted by Crippen LogP contribution is 2.25. The van der Waals surface area contributed by atoms with Gasteiger partial charge in [-0.25, -0.2) is 4.98 Å². The maximum absolute atomic E-state index is 4.71. The highest BCUT2D eigenvalue weighted by molar-refractivity contribution is 7.09. The maximum Gasteiger partial charge on any atom is 0.0982 e. The summed E-state index contributed by atoms with van der Waals surface area (Å²) in [6, 6.07) is 0. The first-order valence-electron chi connectivity index (χ1n) is 6.21. The van der Waals surface area contributed by atoms with E-state index >= 15 is 0 Å². The Kier molecular flexibility index (Phi) is 5.56. The van der Waals surface area contributed by atoms with Crippen molar-refractivity contribution >= 4 is 11.3 Å². The molecule has 0 aliphatic rings. The van der Waals surface area contributed by atoms with E-state index in [-0.39, 0.29) is 5.41 Å². The van der Waals surface area contributed by atoms with Crippen molar-refractivity contribution in [2.45, 2.75) is 39.2 Å². The fourth-order valence-corrected chi connectivity index (χ4v) is 2.50. The van der Waals surface area contributed by atoms with E-state index in [9.17, 15) is 0 Å². The molecule has 0 saturated carbocycles. The van der Waals surface area contributed by atoms with Crippen LogP contribution in [-0.4, -0.2) is 37.1 Å². The van der Waals surface area contributed by atoms with Crippen LogP contribution in [0.4, 0.5) is 0 Å². The molecule has 0 atom stereocenters. The molecule has 0 amide bonds. The SMILES string of the molecule is CNCCCN(C)Cc1csc(C(C)(C)C)n1. The summed E-state index contributed by atoms with van der Waals surface area (Å²) in [5.74, 6) is 0. The predicted octanol–water partition coefficient (Wildman–Crippen LogP) is 2.48. The van der Waals surface area contributed by atoms with Crippen molar-refractivity contribution in [2.75, 3.05) is 27.2 Å². The minimum atomic E-state index is 0.174. The number of rotatable bonds is 6. The molecule has 0 fully saturated rings. The molecule has 1 aromatic rings. The van der Waals surface area contributed by atoms with E-state index in [1.807, 2.05) is 7.05 Å². The first kappa shape index (κ1) is 14.6. The Bertz CT molecular complexity index is 328. The van der Waals surface area contributed by atoms with Crippen LogP contribution in [0.15, 0.2) is 5.38 Å². The van der Waals surface area contributed by atoms with Crippen LogP contribution in [-0.2, 0) is 12.0 Å². The second-order valence-electron chi connectivity index (χ2n) is 5.59. The molecule has 0 aliphatic carbocycles. The van der Waals surface area contributed by atoms with Crippen molar-refractivity contribution in [1.82, 2.24) is 15.2 Å². The molecule has 17 heavy (non-hydrogen) atoms. The van der Waals surface area contributed by atoms with Gasteiger partial charge in [0, 0.05) is 17.3 Å². The molecule has 4 heteroatoms. The normalized spacial score (nSPS) is 12.4. The molecule has 1 rings (SSSR count). The molecule has 0 saturated heterocycles. The molecule has 0 spiro atoms. The minimum absolute atomic E-state index is 0.174. The largest absolute Gasteiger partial charge is 0.320 e. The van der Waals surface area contributed by atoms with E-state index in [2.05, 4.69) is 43.4 Å². The lowest BCUT2D eigenvalue weighted by molar-refractivity contribution is 0.317. The zero-order valence-corrected chi connectivity index (χ0v) is 12.5. The van der Waals surface area contributed by atoms with Gasteiger partial charge >= 0.3 is 0 Å². The standard InChI is InChI=1S/C13H25N3S/c1-13(2,3)12-15-11(10-17-12)9-16(5)8-6-7-14-4/h10,14H,6-9H2,1-5H3. The van der Waals surface area contributed by atoms with Crippen LogP contribution in [0.3, 0.4) is 0 Å². The van der Waals surface area contributed by atoms with E-state index < -0.39 is 0 Å². The van der Waals surface area contributed by atoms with E-state index in [1.165, 1.54) is 17.1 Å². The number of hydrogen-bond donors (Lipinski definition) is 1. The Morgan fingerprint density at radius 2 is 2.12 bits per heavy atom. The number of hydrogen-bond acceptors (Lipinski definition) is 4. The summed E-state index contributed by atoms with van der Waals surface area (Å²) in [7, 11) is 4.15. The molecule has 1 aromatic heterocycles. The van der Waals surface area contributed by atoms with Gasteiger partial charge in [-0.15, -0.1) is 11.3 Å².